The molecule has 2 saturated heterocycles. The zero-order valence-electron chi connectivity index (χ0n) is 13.2. The van der Waals surface area contributed by atoms with Crippen molar-refractivity contribution in [2.45, 2.75) is 31.7 Å². The molecule has 2 aliphatic rings. The van der Waals surface area contributed by atoms with E-state index < -0.39 is 0 Å². The molecular weight excluding hydrogens is 294 g/mol. The van der Waals surface area contributed by atoms with Crippen LogP contribution in [0.1, 0.15) is 36.0 Å². The molecule has 6 heteroatoms. The van der Waals surface area contributed by atoms with E-state index in [9.17, 15) is 9.59 Å². The number of hydrogen-bond donors (Lipinski definition) is 1. The minimum Gasteiger partial charge on any atom is -0.381 e. The van der Waals surface area contributed by atoms with Crippen LogP contribution in [0.25, 0.3) is 0 Å². The van der Waals surface area contributed by atoms with Gasteiger partial charge in [0.1, 0.15) is 0 Å². The molecule has 0 spiro atoms. The molecule has 0 aromatic carbocycles. The first-order valence-electron chi connectivity index (χ1n) is 8.31. The van der Waals surface area contributed by atoms with Gasteiger partial charge in [0.05, 0.1) is 0 Å². The summed E-state index contributed by atoms with van der Waals surface area (Å²) in [6, 6.07) is 3.70. The summed E-state index contributed by atoms with van der Waals surface area (Å²) >= 11 is 0. The fraction of sp³-hybridized carbons (Fsp3) is 0.588. The van der Waals surface area contributed by atoms with Crippen molar-refractivity contribution in [2.75, 3.05) is 26.3 Å². The molecule has 6 nitrogen and oxygen atoms in total. The molecule has 1 aromatic heterocycles. The lowest BCUT2D eigenvalue weighted by Crippen LogP contribution is -2.46. The molecule has 0 unspecified atom stereocenters. The number of likely N-dealkylation sites (tertiary alicyclic amines) is 1. The summed E-state index contributed by atoms with van der Waals surface area (Å²) in [7, 11) is 0. The number of nitrogens with one attached hydrogen (secondary N) is 1. The number of ether oxygens (including phenoxy) is 1. The van der Waals surface area contributed by atoms with Crippen LogP contribution >= 0.6 is 0 Å². The third kappa shape index (κ3) is 4.07. The van der Waals surface area contributed by atoms with Crippen molar-refractivity contribution in [3.63, 3.8) is 0 Å². The quantitative estimate of drug-likeness (QED) is 0.910. The second kappa shape index (κ2) is 7.55. The molecule has 0 saturated carbocycles. The zero-order chi connectivity index (χ0) is 16.1. The largest absolute Gasteiger partial charge is 0.381 e. The summed E-state index contributed by atoms with van der Waals surface area (Å²) in [5, 5.41) is 3.13. The fourth-order valence-electron chi connectivity index (χ4n) is 3.18. The third-order valence-electron chi connectivity index (χ3n) is 4.65. The minimum absolute atomic E-state index is 0.0133. The van der Waals surface area contributed by atoms with Crippen LogP contribution in [0.3, 0.4) is 0 Å². The number of aromatic nitrogens is 1. The summed E-state index contributed by atoms with van der Waals surface area (Å²) in [6.07, 6.45) is 6.50. The normalized spacial score (nSPS) is 20.3. The Morgan fingerprint density at radius 2 is 1.74 bits per heavy atom. The second-order valence-corrected chi connectivity index (χ2v) is 6.20. The Kier molecular flexibility index (Phi) is 5.23. The van der Waals surface area contributed by atoms with Crippen molar-refractivity contribution in [3.8, 4) is 0 Å². The van der Waals surface area contributed by atoms with E-state index >= 15 is 0 Å². The van der Waals surface area contributed by atoms with Crippen LogP contribution in [0.4, 0.5) is 0 Å². The Hall–Kier alpha value is -1.95. The van der Waals surface area contributed by atoms with Gasteiger partial charge in [-0.15, -0.1) is 0 Å². The highest BCUT2D eigenvalue weighted by Crippen LogP contribution is 2.20. The highest BCUT2D eigenvalue weighted by atomic mass is 16.5. The highest BCUT2D eigenvalue weighted by Gasteiger charge is 2.29. The van der Waals surface area contributed by atoms with Crippen molar-refractivity contribution in [2.24, 2.45) is 5.92 Å². The van der Waals surface area contributed by atoms with Crippen molar-refractivity contribution in [1.29, 1.82) is 0 Å². The smallest absolute Gasteiger partial charge is 0.253 e. The molecule has 23 heavy (non-hydrogen) atoms. The van der Waals surface area contributed by atoms with E-state index in [-0.39, 0.29) is 23.8 Å². The first-order chi connectivity index (χ1) is 11.2. The van der Waals surface area contributed by atoms with E-state index in [0.29, 0.717) is 18.7 Å². The van der Waals surface area contributed by atoms with Gasteiger partial charge in [-0.1, -0.05) is 0 Å². The van der Waals surface area contributed by atoms with Crippen LogP contribution in [0.2, 0.25) is 0 Å². The molecule has 3 rings (SSSR count). The average Bonchev–Trinajstić information content (AvgIpc) is 2.63. The van der Waals surface area contributed by atoms with Crippen molar-refractivity contribution < 1.29 is 14.3 Å². The summed E-state index contributed by atoms with van der Waals surface area (Å²) in [5.74, 6) is 0.169. The second-order valence-electron chi connectivity index (χ2n) is 6.20. The van der Waals surface area contributed by atoms with Crippen LogP contribution in [0, 0.1) is 5.92 Å². The van der Waals surface area contributed by atoms with E-state index in [1.807, 2.05) is 4.90 Å². The lowest BCUT2D eigenvalue weighted by molar-refractivity contribution is -0.127. The summed E-state index contributed by atoms with van der Waals surface area (Å²) in [6.45, 7) is 2.72. The highest BCUT2D eigenvalue weighted by molar-refractivity contribution is 5.94. The van der Waals surface area contributed by atoms with Gasteiger partial charge >= 0.3 is 0 Å². The molecule has 0 bridgehead atoms. The summed E-state index contributed by atoms with van der Waals surface area (Å²) in [4.78, 5) is 30.5. The number of pyridine rings is 1. The van der Waals surface area contributed by atoms with Crippen molar-refractivity contribution in [3.05, 3.63) is 30.1 Å². The number of carbonyl (C=O) groups is 2. The van der Waals surface area contributed by atoms with Gasteiger partial charge in [-0.2, -0.15) is 0 Å². The van der Waals surface area contributed by atoms with Crippen molar-refractivity contribution >= 4 is 11.8 Å². The van der Waals surface area contributed by atoms with Gasteiger partial charge in [0.2, 0.25) is 5.91 Å². The van der Waals surface area contributed by atoms with E-state index in [4.69, 9.17) is 4.74 Å². The maximum atomic E-state index is 12.4. The van der Waals surface area contributed by atoms with Gasteiger partial charge in [0.25, 0.3) is 5.91 Å². The Morgan fingerprint density at radius 3 is 2.39 bits per heavy atom. The molecule has 3 heterocycles. The molecule has 2 amide bonds. The number of nitrogens with zero attached hydrogens (tertiary/aromatic N) is 2. The van der Waals surface area contributed by atoms with Crippen LogP contribution in [0.15, 0.2) is 24.5 Å². The molecule has 1 aromatic rings. The van der Waals surface area contributed by atoms with Crippen LogP contribution in [-0.4, -0.2) is 54.0 Å². The maximum Gasteiger partial charge on any atom is 0.253 e. The number of piperidine rings is 1. The molecule has 2 aliphatic heterocycles. The fourth-order valence-corrected chi connectivity index (χ4v) is 3.18. The maximum absolute atomic E-state index is 12.4. The first kappa shape index (κ1) is 15.9. The van der Waals surface area contributed by atoms with Crippen LogP contribution in [0.5, 0.6) is 0 Å². The molecule has 2 fully saturated rings. The summed E-state index contributed by atoms with van der Waals surface area (Å²) in [5.41, 5.74) is 0.658. The third-order valence-corrected chi connectivity index (χ3v) is 4.65. The predicted octanol–water partition coefficient (Wildman–Crippen LogP) is 1.23. The Bertz CT molecular complexity index is 535. The monoisotopic (exact) mass is 317 g/mol. The average molecular weight is 317 g/mol. The topological polar surface area (TPSA) is 71.5 Å². The SMILES string of the molecule is O=C(NC1CCOCC1)C1CCN(C(=O)c2ccncc2)CC1. The zero-order valence-corrected chi connectivity index (χ0v) is 13.2. The Balaban J connectivity index is 1.48. The molecule has 0 aliphatic carbocycles. The minimum atomic E-state index is 0.0133. The molecule has 0 atom stereocenters. The Morgan fingerprint density at radius 1 is 1.09 bits per heavy atom. The molecular formula is C17H23N3O3. The van der Waals surface area contributed by atoms with Gasteiger partial charge < -0.3 is 15.0 Å². The van der Waals surface area contributed by atoms with Crippen LogP contribution < -0.4 is 5.32 Å². The Labute approximate surface area is 136 Å². The lowest BCUT2D eigenvalue weighted by atomic mass is 9.94. The standard InChI is InChI=1S/C17H23N3O3/c21-16(19-15-5-11-23-12-6-15)13-3-9-20(10-4-13)17(22)14-1-7-18-8-2-14/h1-2,7-8,13,15H,3-6,9-12H2,(H,19,21). The van der Waals surface area contributed by atoms with Gasteiger partial charge in [-0.25, -0.2) is 0 Å². The van der Waals surface area contributed by atoms with E-state index in [1.165, 1.54) is 0 Å². The van der Waals surface area contributed by atoms with E-state index in [2.05, 4.69) is 10.3 Å². The van der Waals surface area contributed by atoms with Gasteiger partial charge in [-0.05, 0) is 37.8 Å². The van der Waals surface area contributed by atoms with Gasteiger partial charge in [-0.3, -0.25) is 14.6 Å². The predicted molar refractivity (Wildman–Crippen MR) is 84.8 cm³/mol. The summed E-state index contributed by atoms with van der Waals surface area (Å²) < 4.78 is 5.31. The van der Waals surface area contributed by atoms with Crippen LogP contribution in [-0.2, 0) is 9.53 Å². The molecule has 0 radical (unpaired) electrons. The molecule has 1 N–H and O–H groups in total. The number of rotatable bonds is 3. The van der Waals surface area contributed by atoms with E-state index in [0.717, 1.165) is 38.9 Å². The van der Waals surface area contributed by atoms with Gasteiger partial charge in [0, 0.05) is 56.2 Å². The number of carbonyl (C=O) groups excluding carboxylic acids is 2. The first-order valence-corrected chi connectivity index (χ1v) is 8.31. The van der Waals surface area contributed by atoms with Crippen molar-refractivity contribution in [1.82, 2.24) is 15.2 Å². The number of amides is 2. The lowest BCUT2D eigenvalue weighted by Gasteiger charge is -2.32. The van der Waals surface area contributed by atoms with Gasteiger partial charge in [0.15, 0.2) is 0 Å². The number of hydrogen-bond acceptors (Lipinski definition) is 4. The molecule has 124 valence electrons. The van der Waals surface area contributed by atoms with E-state index in [1.54, 1.807) is 24.5 Å².